The summed E-state index contributed by atoms with van der Waals surface area (Å²) in [4.78, 5) is 19.2. The SMILES string of the molecule is COc1ccccc1Oc1ncnc(Nc2ccc(Oc3ccccc3)cc2)c1[N+](=O)[O-]. The largest absolute Gasteiger partial charge is 0.493 e. The molecular weight excluding hydrogens is 412 g/mol. The summed E-state index contributed by atoms with van der Waals surface area (Å²) < 4.78 is 16.7. The summed E-state index contributed by atoms with van der Waals surface area (Å²) in [6, 6.07) is 23.1. The van der Waals surface area contributed by atoms with Crippen LogP contribution in [0.1, 0.15) is 0 Å². The van der Waals surface area contributed by atoms with Gasteiger partial charge in [0.25, 0.3) is 0 Å². The number of benzene rings is 3. The third-order valence-electron chi connectivity index (χ3n) is 4.34. The van der Waals surface area contributed by atoms with Crippen molar-refractivity contribution in [1.82, 2.24) is 9.97 Å². The zero-order valence-corrected chi connectivity index (χ0v) is 17.0. The third-order valence-corrected chi connectivity index (χ3v) is 4.34. The summed E-state index contributed by atoms with van der Waals surface area (Å²) in [5, 5.41) is 14.7. The molecule has 0 aliphatic heterocycles. The van der Waals surface area contributed by atoms with Crippen molar-refractivity contribution in [3.63, 3.8) is 0 Å². The Bertz CT molecular complexity index is 1220. The minimum absolute atomic E-state index is 0.00775. The summed E-state index contributed by atoms with van der Waals surface area (Å²) >= 11 is 0. The van der Waals surface area contributed by atoms with E-state index in [1.165, 1.54) is 13.4 Å². The maximum Gasteiger partial charge on any atom is 0.373 e. The molecule has 9 nitrogen and oxygen atoms in total. The average Bonchev–Trinajstić information content (AvgIpc) is 2.81. The highest BCUT2D eigenvalue weighted by Crippen LogP contribution is 2.38. The number of rotatable bonds is 8. The van der Waals surface area contributed by atoms with E-state index in [4.69, 9.17) is 14.2 Å². The zero-order valence-electron chi connectivity index (χ0n) is 17.0. The van der Waals surface area contributed by atoms with Crippen molar-refractivity contribution in [2.24, 2.45) is 0 Å². The summed E-state index contributed by atoms with van der Waals surface area (Å²) in [7, 11) is 1.48. The number of para-hydroxylation sites is 3. The van der Waals surface area contributed by atoms with E-state index in [9.17, 15) is 10.1 Å². The Kier molecular flexibility index (Phi) is 6.08. The van der Waals surface area contributed by atoms with Gasteiger partial charge in [0.15, 0.2) is 11.5 Å². The Morgan fingerprint density at radius 1 is 0.812 bits per heavy atom. The van der Waals surface area contributed by atoms with E-state index >= 15 is 0 Å². The topological polar surface area (TPSA) is 109 Å². The monoisotopic (exact) mass is 430 g/mol. The van der Waals surface area contributed by atoms with Crippen LogP contribution in [-0.4, -0.2) is 22.0 Å². The third kappa shape index (κ3) is 4.73. The van der Waals surface area contributed by atoms with Crippen LogP contribution in [0.5, 0.6) is 28.9 Å². The molecule has 4 aromatic rings. The maximum absolute atomic E-state index is 11.8. The molecule has 32 heavy (non-hydrogen) atoms. The van der Waals surface area contributed by atoms with Crippen LogP contribution < -0.4 is 19.5 Å². The van der Waals surface area contributed by atoms with Crippen molar-refractivity contribution in [1.29, 1.82) is 0 Å². The van der Waals surface area contributed by atoms with Gasteiger partial charge in [0, 0.05) is 5.69 Å². The quantitative estimate of drug-likeness (QED) is 0.279. The number of hydrogen-bond acceptors (Lipinski definition) is 8. The molecule has 3 aromatic carbocycles. The molecule has 4 rings (SSSR count). The molecule has 160 valence electrons. The molecule has 0 bridgehead atoms. The van der Waals surface area contributed by atoms with Gasteiger partial charge in [0.1, 0.15) is 17.8 Å². The molecule has 0 spiro atoms. The smallest absolute Gasteiger partial charge is 0.373 e. The fourth-order valence-corrected chi connectivity index (χ4v) is 2.87. The number of nitro groups is 1. The van der Waals surface area contributed by atoms with E-state index in [1.807, 2.05) is 30.3 Å². The van der Waals surface area contributed by atoms with E-state index in [2.05, 4.69) is 15.3 Å². The van der Waals surface area contributed by atoms with Crippen molar-refractivity contribution < 1.29 is 19.1 Å². The minimum Gasteiger partial charge on any atom is -0.493 e. The lowest BCUT2D eigenvalue weighted by Crippen LogP contribution is -2.04. The summed E-state index contributed by atoms with van der Waals surface area (Å²) in [5.74, 6) is 1.83. The highest BCUT2D eigenvalue weighted by molar-refractivity contribution is 5.69. The molecule has 0 aliphatic rings. The number of aromatic nitrogens is 2. The molecule has 0 saturated carbocycles. The van der Waals surface area contributed by atoms with Crippen LogP contribution >= 0.6 is 0 Å². The molecule has 1 aromatic heterocycles. The Labute approximate surface area is 183 Å². The van der Waals surface area contributed by atoms with Crippen LogP contribution in [0.25, 0.3) is 0 Å². The first-order valence-corrected chi connectivity index (χ1v) is 9.54. The van der Waals surface area contributed by atoms with Gasteiger partial charge in [-0.05, 0) is 48.5 Å². The van der Waals surface area contributed by atoms with E-state index in [0.717, 1.165) is 0 Å². The first-order valence-electron chi connectivity index (χ1n) is 9.54. The van der Waals surface area contributed by atoms with Crippen LogP contribution in [0.2, 0.25) is 0 Å². The van der Waals surface area contributed by atoms with Gasteiger partial charge in [-0.15, -0.1) is 0 Å². The molecule has 9 heteroatoms. The summed E-state index contributed by atoms with van der Waals surface area (Å²) in [6.45, 7) is 0. The number of nitrogens with zero attached hydrogens (tertiary/aromatic N) is 3. The Morgan fingerprint density at radius 3 is 2.16 bits per heavy atom. The Balaban J connectivity index is 1.57. The summed E-state index contributed by atoms with van der Waals surface area (Å²) in [6.07, 6.45) is 1.19. The van der Waals surface area contributed by atoms with Gasteiger partial charge >= 0.3 is 11.6 Å². The predicted molar refractivity (Wildman–Crippen MR) is 118 cm³/mol. The number of ether oxygens (including phenoxy) is 3. The molecule has 0 radical (unpaired) electrons. The second-order valence-electron chi connectivity index (χ2n) is 6.45. The first kappa shape index (κ1) is 20.6. The number of hydrogen-bond donors (Lipinski definition) is 1. The van der Waals surface area contributed by atoms with Gasteiger partial charge < -0.3 is 19.5 Å². The first-order chi connectivity index (χ1) is 15.6. The Morgan fingerprint density at radius 2 is 1.47 bits per heavy atom. The van der Waals surface area contributed by atoms with Gasteiger partial charge in [-0.2, -0.15) is 4.98 Å². The van der Waals surface area contributed by atoms with Crippen molar-refractivity contribution in [2.45, 2.75) is 0 Å². The molecule has 0 atom stereocenters. The van der Waals surface area contributed by atoms with Gasteiger partial charge in [-0.3, -0.25) is 10.1 Å². The van der Waals surface area contributed by atoms with Crippen LogP contribution in [0.3, 0.4) is 0 Å². The average molecular weight is 430 g/mol. The maximum atomic E-state index is 11.8. The normalized spacial score (nSPS) is 10.3. The number of methoxy groups -OCH3 is 1. The predicted octanol–water partition coefficient (Wildman–Crippen LogP) is 5.72. The van der Waals surface area contributed by atoms with Crippen molar-refractivity contribution >= 4 is 17.2 Å². The lowest BCUT2D eigenvalue weighted by atomic mass is 10.3. The molecule has 1 heterocycles. The zero-order chi connectivity index (χ0) is 22.3. The van der Waals surface area contributed by atoms with Gasteiger partial charge in [-0.25, -0.2) is 4.98 Å². The van der Waals surface area contributed by atoms with Crippen molar-refractivity contribution in [3.05, 3.63) is 95.3 Å². The van der Waals surface area contributed by atoms with E-state index in [-0.39, 0.29) is 11.7 Å². The highest BCUT2D eigenvalue weighted by Gasteiger charge is 2.26. The van der Waals surface area contributed by atoms with Crippen LogP contribution in [0.4, 0.5) is 17.2 Å². The van der Waals surface area contributed by atoms with E-state index in [1.54, 1.807) is 48.5 Å². The molecule has 0 fully saturated rings. The number of anilines is 2. The lowest BCUT2D eigenvalue weighted by Gasteiger charge is -2.11. The fourth-order valence-electron chi connectivity index (χ4n) is 2.87. The lowest BCUT2D eigenvalue weighted by molar-refractivity contribution is -0.385. The van der Waals surface area contributed by atoms with E-state index in [0.29, 0.717) is 28.7 Å². The highest BCUT2D eigenvalue weighted by atomic mass is 16.6. The molecule has 0 saturated heterocycles. The Hall–Kier alpha value is -4.66. The van der Waals surface area contributed by atoms with Crippen LogP contribution in [0.15, 0.2) is 85.2 Å². The van der Waals surface area contributed by atoms with Crippen LogP contribution in [-0.2, 0) is 0 Å². The van der Waals surface area contributed by atoms with Gasteiger partial charge in [0.2, 0.25) is 5.82 Å². The molecule has 0 amide bonds. The number of nitrogens with one attached hydrogen (secondary N) is 1. The van der Waals surface area contributed by atoms with Crippen molar-refractivity contribution in [2.75, 3.05) is 12.4 Å². The molecule has 0 aliphatic carbocycles. The van der Waals surface area contributed by atoms with Crippen molar-refractivity contribution in [3.8, 4) is 28.9 Å². The molecule has 1 N–H and O–H groups in total. The molecular formula is C23H18N4O5. The standard InChI is InChI=1S/C23H18N4O5/c1-30-19-9-5-6-10-20(19)32-23-21(27(28)29)22(24-15-25-23)26-16-11-13-18(14-12-16)31-17-7-3-2-4-8-17/h2-15H,1H3,(H,24,25,26). The van der Waals surface area contributed by atoms with E-state index < -0.39 is 10.6 Å². The minimum atomic E-state index is -0.597. The van der Waals surface area contributed by atoms with Crippen LogP contribution in [0, 0.1) is 10.1 Å². The summed E-state index contributed by atoms with van der Waals surface area (Å²) in [5.41, 5.74) is 0.179. The second kappa shape index (κ2) is 9.43. The van der Waals surface area contributed by atoms with Gasteiger partial charge in [-0.1, -0.05) is 30.3 Å². The fraction of sp³-hybridized carbons (Fsp3) is 0.0435. The molecule has 0 unspecified atom stereocenters. The van der Waals surface area contributed by atoms with Gasteiger partial charge in [0.05, 0.1) is 12.0 Å². The second-order valence-corrected chi connectivity index (χ2v) is 6.45.